The van der Waals surface area contributed by atoms with Crippen molar-refractivity contribution in [1.29, 1.82) is 0 Å². The molecule has 108 valence electrons. The van der Waals surface area contributed by atoms with Crippen LogP contribution in [-0.2, 0) is 12.0 Å². The van der Waals surface area contributed by atoms with Gasteiger partial charge < -0.3 is 5.32 Å². The van der Waals surface area contributed by atoms with Crippen LogP contribution in [0.4, 0.5) is 0 Å². The van der Waals surface area contributed by atoms with Crippen molar-refractivity contribution in [2.75, 3.05) is 0 Å². The first-order chi connectivity index (χ1) is 8.97. The van der Waals surface area contributed by atoms with E-state index in [1.165, 1.54) is 42.0 Å². The van der Waals surface area contributed by atoms with Crippen molar-refractivity contribution in [2.45, 2.75) is 77.8 Å². The molecule has 1 aromatic rings. The lowest BCUT2D eigenvalue weighted by molar-refractivity contribution is 0.357. The van der Waals surface area contributed by atoms with Crippen LogP contribution in [-0.4, -0.2) is 11.0 Å². The van der Waals surface area contributed by atoms with Gasteiger partial charge in [0.25, 0.3) is 0 Å². The number of nitrogens with one attached hydrogen (secondary N) is 1. The zero-order valence-corrected chi connectivity index (χ0v) is 13.6. The third-order valence-electron chi connectivity index (χ3n) is 4.10. The van der Waals surface area contributed by atoms with E-state index in [-0.39, 0.29) is 5.41 Å². The molecule has 0 aromatic carbocycles. The highest BCUT2D eigenvalue weighted by Crippen LogP contribution is 2.27. The molecule has 1 aliphatic carbocycles. The normalized spacial score (nSPS) is 25.3. The van der Waals surface area contributed by atoms with Crippen LogP contribution < -0.4 is 5.32 Å². The Morgan fingerprint density at radius 2 is 2.00 bits per heavy atom. The molecular weight excluding hydrogens is 252 g/mol. The molecule has 0 aliphatic heterocycles. The second-order valence-electron chi connectivity index (χ2n) is 6.98. The lowest BCUT2D eigenvalue weighted by Crippen LogP contribution is -2.33. The van der Waals surface area contributed by atoms with Gasteiger partial charge in [0, 0.05) is 29.1 Å². The molecule has 1 N–H and O–H groups in total. The van der Waals surface area contributed by atoms with Crippen LogP contribution in [0.5, 0.6) is 0 Å². The lowest BCUT2D eigenvalue weighted by Gasteiger charge is -2.22. The quantitative estimate of drug-likeness (QED) is 0.825. The SMILES string of the molecule is CC1CCCCCC1NCc1cnc(C(C)(C)C)s1. The van der Waals surface area contributed by atoms with Gasteiger partial charge in [0.05, 0.1) is 5.01 Å². The first kappa shape index (κ1) is 15.0. The summed E-state index contributed by atoms with van der Waals surface area (Å²) in [6.45, 7) is 10.1. The van der Waals surface area contributed by atoms with Gasteiger partial charge in [-0.2, -0.15) is 0 Å². The van der Waals surface area contributed by atoms with E-state index in [1.807, 2.05) is 11.3 Å². The fraction of sp³-hybridized carbons (Fsp3) is 0.812. The van der Waals surface area contributed by atoms with E-state index >= 15 is 0 Å². The zero-order chi connectivity index (χ0) is 13.9. The van der Waals surface area contributed by atoms with Gasteiger partial charge in [-0.3, -0.25) is 0 Å². The summed E-state index contributed by atoms with van der Waals surface area (Å²) in [4.78, 5) is 5.94. The topological polar surface area (TPSA) is 24.9 Å². The molecule has 2 unspecified atom stereocenters. The van der Waals surface area contributed by atoms with E-state index in [0.717, 1.165) is 12.5 Å². The van der Waals surface area contributed by atoms with Crippen molar-refractivity contribution in [3.05, 3.63) is 16.1 Å². The molecule has 2 nitrogen and oxygen atoms in total. The van der Waals surface area contributed by atoms with Crippen LogP contribution in [0.1, 0.15) is 69.7 Å². The van der Waals surface area contributed by atoms with Crippen LogP contribution in [0, 0.1) is 5.92 Å². The number of rotatable bonds is 3. The van der Waals surface area contributed by atoms with Crippen molar-refractivity contribution in [2.24, 2.45) is 5.92 Å². The van der Waals surface area contributed by atoms with E-state index in [1.54, 1.807) is 0 Å². The highest BCUT2D eigenvalue weighted by Gasteiger charge is 2.21. The summed E-state index contributed by atoms with van der Waals surface area (Å²) in [5.74, 6) is 0.817. The molecule has 2 atom stereocenters. The van der Waals surface area contributed by atoms with Gasteiger partial charge in [-0.05, 0) is 18.8 Å². The van der Waals surface area contributed by atoms with E-state index < -0.39 is 0 Å². The highest BCUT2D eigenvalue weighted by molar-refractivity contribution is 7.11. The molecule has 1 aliphatic rings. The third kappa shape index (κ3) is 4.28. The van der Waals surface area contributed by atoms with Crippen LogP contribution >= 0.6 is 11.3 Å². The summed E-state index contributed by atoms with van der Waals surface area (Å²) in [7, 11) is 0. The summed E-state index contributed by atoms with van der Waals surface area (Å²) in [5, 5.41) is 5.01. The Bertz CT molecular complexity index is 392. The van der Waals surface area contributed by atoms with E-state index in [4.69, 9.17) is 0 Å². The lowest BCUT2D eigenvalue weighted by atomic mass is 9.97. The summed E-state index contributed by atoms with van der Waals surface area (Å²) < 4.78 is 0. The summed E-state index contributed by atoms with van der Waals surface area (Å²) in [6.07, 6.45) is 8.99. The number of hydrogen-bond donors (Lipinski definition) is 1. The van der Waals surface area contributed by atoms with Gasteiger partial charge in [-0.25, -0.2) is 4.98 Å². The predicted molar refractivity (Wildman–Crippen MR) is 83.7 cm³/mol. The maximum atomic E-state index is 4.57. The van der Waals surface area contributed by atoms with Gasteiger partial charge in [-0.1, -0.05) is 47.0 Å². The van der Waals surface area contributed by atoms with Gasteiger partial charge >= 0.3 is 0 Å². The molecule has 1 heterocycles. The maximum Gasteiger partial charge on any atom is 0.0981 e. The Hall–Kier alpha value is -0.410. The van der Waals surface area contributed by atoms with Crippen molar-refractivity contribution in [3.8, 4) is 0 Å². The fourth-order valence-corrected chi connectivity index (χ4v) is 3.68. The van der Waals surface area contributed by atoms with Crippen molar-refractivity contribution in [1.82, 2.24) is 10.3 Å². The second-order valence-corrected chi connectivity index (χ2v) is 8.10. The van der Waals surface area contributed by atoms with Gasteiger partial charge in [0.2, 0.25) is 0 Å². The summed E-state index contributed by atoms with van der Waals surface area (Å²) in [6, 6.07) is 0.697. The Balaban J connectivity index is 1.89. The smallest absolute Gasteiger partial charge is 0.0981 e. The van der Waals surface area contributed by atoms with Gasteiger partial charge in [0.15, 0.2) is 0 Å². The molecule has 0 amide bonds. The maximum absolute atomic E-state index is 4.57. The second kappa shape index (κ2) is 6.36. The van der Waals surface area contributed by atoms with Crippen molar-refractivity contribution in [3.63, 3.8) is 0 Å². The molecule has 1 saturated carbocycles. The van der Waals surface area contributed by atoms with Crippen LogP contribution in [0.2, 0.25) is 0 Å². The van der Waals surface area contributed by atoms with Gasteiger partial charge in [-0.15, -0.1) is 11.3 Å². The molecule has 0 spiro atoms. The number of nitrogens with zero attached hydrogens (tertiary/aromatic N) is 1. The first-order valence-electron chi connectivity index (χ1n) is 7.65. The minimum Gasteiger partial charge on any atom is -0.309 e. The average molecular weight is 280 g/mol. The summed E-state index contributed by atoms with van der Waals surface area (Å²) in [5.41, 5.74) is 0.179. The minimum absolute atomic E-state index is 0.179. The highest BCUT2D eigenvalue weighted by atomic mass is 32.1. The monoisotopic (exact) mass is 280 g/mol. The number of aromatic nitrogens is 1. The molecule has 1 aromatic heterocycles. The predicted octanol–water partition coefficient (Wildman–Crippen LogP) is 4.50. The molecule has 3 heteroatoms. The first-order valence-corrected chi connectivity index (χ1v) is 8.47. The van der Waals surface area contributed by atoms with Crippen LogP contribution in [0.3, 0.4) is 0 Å². The molecule has 1 fully saturated rings. The third-order valence-corrected chi connectivity index (χ3v) is 5.52. The molecule has 19 heavy (non-hydrogen) atoms. The Morgan fingerprint density at radius 1 is 1.26 bits per heavy atom. The standard InChI is InChI=1S/C16H28N2S/c1-12-8-6-5-7-9-14(12)17-10-13-11-18-15(19-13)16(2,3)4/h11-12,14,17H,5-10H2,1-4H3. The Labute approximate surface area is 122 Å². The Morgan fingerprint density at radius 3 is 2.68 bits per heavy atom. The molecule has 0 saturated heterocycles. The van der Waals surface area contributed by atoms with Crippen molar-refractivity contribution >= 4 is 11.3 Å². The molecular formula is C16H28N2S. The minimum atomic E-state index is 0.179. The molecule has 0 bridgehead atoms. The molecule has 0 radical (unpaired) electrons. The average Bonchev–Trinajstić information content (AvgIpc) is 2.72. The fourth-order valence-electron chi connectivity index (χ4n) is 2.76. The van der Waals surface area contributed by atoms with E-state index in [2.05, 4.69) is 44.2 Å². The Kier molecular flexibility index (Phi) is 5.02. The number of thiazole rings is 1. The largest absolute Gasteiger partial charge is 0.309 e. The van der Waals surface area contributed by atoms with Crippen LogP contribution in [0.25, 0.3) is 0 Å². The van der Waals surface area contributed by atoms with E-state index in [9.17, 15) is 0 Å². The number of hydrogen-bond acceptors (Lipinski definition) is 3. The van der Waals surface area contributed by atoms with E-state index in [0.29, 0.717) is 6.04 Å². The zero-order valence-electron chi connectivity index (χ0n) is 12.8. The van der Waals surface area contributed by atoms with Crippen molar-refractivity contribution < 1.29 is 0 Å². The van der Waals surface area contributed by atoms with Gasteiger partial charge in [0.1, 0.15) is 0 Å². The molecule has 2 rings (SSSR count). The van der Waals surface area contributed by atoms with Crippen LogP contribution in [0.15, 0.2) is 6.20 Å². The summed E-state index contributed by atoms with van der Waals surface area (Å²) >= 11 is 1.86.